The van der Waals surface area contributed by atoms with E-state index in [0.29, 0.717) is 25.0 Å². The Morgan fingerprint density at radius 3 is 2.69 bits per heavy atom. The van der Waals surface area contributed by atoms with E-state index in [1.807, 2.05) is 43.9 Å². The van der Waals surface area contributed by atoms with E-state index in [1.54, 1.807) is 0 Å². The van der Waals surface area contributed by atoms with Crippen LogP contribution in [-0.4, -0.2) is 36.3 Å². The van der Waals surface area contributed by atoms with Crippen molar-refractivity contribution < 1.29 is 14.3 Å². The summed E-state index contributed by atoms with van der Waals surface area (Å²) in [5.41, 5.74) is 7.61. The van der Waals surface area contributed by atoms with Gasteiger partial charge in [0.15, 0.2) is 0 Å². The second kappa shape index (κ2) is 8.76. The number of carbonyl (C=O) groups excluding carboxylic acids is 1. The molecular weight excluding hydrogens is 328 g/mol. The molecule has 1 saturated heterocycles. The molecule has 1 aliphatic rings. The number of benzene rings is 1. The van der Waals surface area contributed by atoms with Gasteiger partial charge in [0.1, 0.15) is 11.4 Å². The molecule has 1 fully saturated rings. The van der Waals surface area contributed by atoms with Crippen LogP contribution in [0.3, 0.4) is 0 Å². The third kappa shape index (κ3) is 6.20. The molecule has 1 aliphatic heterocycles. The van der Waals surface area contributed by atoms with Crippen LogP contribution in [0.4, 0.5) is 4.79 Å². The smallest absolute Gasteiger partial charge is 0.410 e. The summed E-state index contributed by atoms with van der Waals surface area (Å²) in [4.78, 5) is 14.2. The van der Waals surface area contributed by atoms with Crippen molar-refractivity contribution in [1.29, 1.82) is 0 Å². The Hall–Kier alpha value is -1.75. The topological polar surface area (TPSA) is 64.8 Å². The van der Waals surface area contributed by atoms with Crippen molar-refractivity contribution in [3.63, 3.8) is 0 Å². The van der Waals surface area contributed by atoms with Gasteiger partial charge in [-0.2, -0.15) is 0 Å². The summed E-state index contributed by atoms with van der Waals surface area (Å²) in [6.07, 6.45) is 1.83. The molecule has 0 aromatic heterocycles. The van der Waals surface area contributed by atoms with Crippen molar-refractivity contribution >= 4 is 6.09 Å². The Kier molecular flexibility index (Phi) is 6.93. The van der Waals surface area contributed by atoms with Crippen LogP contribution in [0, 0.1) is 18.8 Å². The SMILES string of the molecule is Cc1ccc(OCCC2CC(C)CN(C(=O)OC(C)(C)C)C2)cc1CN. The summed E-state index contributed by atoms with van der Waals surface area (Å²) in [7, 11) is 0. The van der Waals surface area contributed by atoms with E-state index >= 15 is 0 Å². The number of amides is 1. The highest BCUT2D eigenvalue weighted by molar-refractivity contribution is 5.68. The third-order valence-corrected chi connectivity index (χ3v) is 4.73. The van der Waals surface area contributed by atoms with Gasteiger partial charge in [-0.25, -0.2) is 4.79 Å². The Morgan fingerprint density at radius 2 is 2.04 bits per heavy atom. The number of hydrogen-bond donors (Lipinski definition) is 1. The number of nitrogens with zero attached hydrogens (tertiary/aromatic N) is 1. The van der Waals surface area contributed by atoms with Crippen LogP contribution < -0.4 is 10.5 Å². The predicted molar refractivity (Wildman–Crippen MR) is 104 cm³/mol. The molecule has 5 nitrogen and oxygen atoms in total. The van der Waals surface area contributed by atoms with E-state index in [4.69, 9.17) is 15.2 Å². The number of piperidine rings is 1. The summed E-state index contributed by atoms with van der Waals surface area (Å²) < 4.78 is 11.5. The molecule has 0 bridgehead atoms. The van der Waals surface area contributed by atoms with Gasteiger partial charge in [0, 0.05) is 19.6 Å². The molecule has 5 heteroatoms. The van der Waals surface area contributed by atoms with Gasteiger partial charge in [0.2, 0.25) is 0 Å². The number of rotatable bonds is 5. The number of carbonyl (C=O) groups is 1. The fourth-order valence-corrected chi connectivity index (χ4v) is 3.47. The second-order valence-electron chi connectivity index (χ2n) is 8.52. The Balaban J connectivity index is 1.86. The summed E-state index contributed by atoms with van der Waals surface area (Å²) in [5.74, 6) is 1.78. The van der Waals surface area contributed by atoms with E-state index < -0.39 is 5.60 Å². The average Bonchev–Trinajstić information content (AvgIpc) is 2.54. The molecule has 1 amide bonds. The quantitative estimate of drug-likeness (QED) is 0.856. The minimum absolute atomic E-state index is 0.207. The van der Waals surface area contributed by atoms with Crippen LogP contribution in [0.1, 0.15) is 51.7 Å². The number of hydrogen-bond acceptors (Lipinski definition) is 4. The highest BCUT2D eigenvalue weighted by atomic mass is 16.6. The van der Waals surface area contributed by atoms with Crippen molar-refractivity contribution in [2.75, 3.05) is 19.7 Å². The fraction of sp³-hybridized carbons (Fsp3) is 0.667. The van der Waals surface area contributed by atoms with Gasteiger partial charge >= 0.3 is 6.09 Å². The van der Waals surface area contributed by atoms with Crippen molar-refractivity contribution in [3.05, 3.63) is 29.3 Å². The first-order chi connectivity index (χ1) is 12.2. The van der Waals surface area contributed by atoms with Crippen molar-refractivity contribution in [3.8, 4) is 5.75 Å². The zero-order valence-electron chi connectivity index (χ0n) is 16.9. The number of ether oxygens (including phenoxy) is 2. The molecule has 2 N–H and O–H groups in total. The maximum atomic E-state index is 12.4. The maximum Gasteiger partial charge on any atom is 0.410 e. The first kappa shape index (κ1) is 20.6. The summed E-state index contributed by atoms with van der Waals surface area (Å²) in [5, 5.41) is 0. The van der Waals surface area contributed by atoms with Gasteiger partial charge < -0.3 is 20.1 Å². The summed E-state index contributed by atoms with van der Waals surface area (Å²) >= 11 is 0. The molecule has 2 unspecified atom stereocenters. The standard InChI is InChI=1S/C21H34N2O3/c1-15-10-17(14-23(13-15)20(24)26-21(3,4)5)8-9-25-19-7-6-16(2)18(11-19)12-22/h6-7,11,15,17H,8-10,12-14,22H2,1-5H3. The van der Waals surface area contributed by atoms with E-state index in [2.05, 4.69) is 13.8 Å². The largest absolute Gasteiger partial charge is 0.494 e. The predicted octanol–water partition coefficient (Wildman–Crippen LogP) is 4.12. The van der Waals surface area contributed by atoms with Crippen LogP contribution in [0.15, 0.2) is 18.2 Å². The Labute approximate surface area is 157 Å². The zero-order chi connectivity index (χ0) is 19.3. The zero-order valence-corrected chi connectivity index (χ0v) is 16.9. The minimum atomic E-state index is -0.456. The van der Waals surface area contributed by atoms with Crippen LogP contribution in [0.2, 0.25) is 0 Å². The average molecular weight is 363 g/mol. The van der Waals surface area contributed by atoms with Gasteiger partial charge in [-0.3, -0.25) is 0 Å². The van der Waals surface area contributed by atoms with Gasteiger partial charge in [-0.05, 0) is 75.6 Å². The fourth-order valence-electron chi connectivity index (χ4n) is 3.47. The number of aryl methyl sites for hydroxylation is 1. The van der Waals surface area contributed by atoms with E-state index in [1.165, 1.54) is 5.56 Å². The van der Waals surface area contributed by atoms with Crippen molar-refractivity contribution in [2.24, 2.45) is 17.6 Å². The molecular formula is C21H34N2O3. The molecule has 1 aromatic rings. The van der Waals surface area contributed by atoms with Crippen LogP contribution in [0.5, 0.6) is 5.75 Å². The first-order valence-electron chi connectivity index (χ1n) is 9.58. The van der Waals surface area contributed by atoms with Crippen LogP contribution in [0.25, 0.3) is 0 Å². The molecule has 0 spiro atoms. The Bertz CT molecular complexity index is 610. The summed E-state index contributed by atoms with van der Waals surface area (Å²) in [6, 6.07) is 6.06. The lowest BCUT2D eigenvalue weighted by Gasteiger charge is -2.37. The lowest BCUT2D eigenvalue weighted by Crippen LogP contribution is -2.45. The molecule has 1 heterocycles. The highest BCUT2D eigenvalue weighted by Gasteiger charge is 2.30. The molecule has 2 atom stereocenters. The third-order valence-electron chi connectivity index (χ3n) is 4.73. The lowest BCUT2D eigenvalue weighted by atomic mass is 9.88. The molecule has 0 saturated carbocycles. The van der Waals surface area contributed by atoms with Gasteiger partial charge in [0.25, 0.3) is 0 Å². The van der Waals surface area contributed by atoms with Gasteiger partial charge in [-0.15, -0.1) is 0 Å². The van der Waals surface area contributed by atoms with E-state index in [0.717, 1.165) is 37.2 Å². The van der Waals surface area contributed by atoms with E-state index in [9.17, 15) is 4.79 Å². The molecule has 0 aliphatic carbocycles. The minimum Gasteiger partial charge on any atom is -0.494 e. The molecule has 2 rings (SSSR count). The Morgan fingerprint density at radius 1 is 1.31 bits per heavy atom. The van der Waals surface area contributed by atoms with Gasteiger partial charge in [0.05, 0.1) is 6.61 Å². The molecule has 146 valence electrons. The van der Waals surface area contributed by atoms with Crippen LogP contribution in [-0.2, 0) is 11.3 Å². The van der Waals surface area contributed by atoms with Crippen molar-refractivity contribution in [1.82, 2.24) is 4.90 Å². The number of nitrogens with two attached hydrogens (primary N) is 1. The molecule has 0 radical (unpaired) electrons. The summed E-state index contributed by atoms with van der Waals surface area (Å²) in [6.45, 7) is 12.6. The maximum absolute atomic E-state index is 12.4. The highest BCUT2D eigenvalue weighted by Crippen LogP contribution is 2.26. The molecule has 26 heavy (non-hydrogen) atoms. The van der Waals surface area contributed by atoms with Crippen LogP contribution >= 0.6 is 0 Å². The molecule has 1 aromatic carbocycles. The van der Waals surface area contributed by atoms with E-state index in [-0.39, 0.29) is 6.09 Å². The second-order valence-corrected chi connectivity index (χ2v) is 8.52. The lowest BCUT2D eigenvalue weighted by molar-refractivity contribution is 0.00936. The number of likely N-dealkylation sites (tertiary alicyclic amines) is 1. The first-order valence-corrected chi connectivity index (χ1v) is 9.58. The van der Waals surface area contributed by atoms with Crippen molar-refractivity contribution in [2.45, 2.75) is 59.6 Å². The van der Waals surface area contributed by atoms with Gasteiger partial charge in [-0.1, -0.05) is 13.0 Å². The monoisotopic (exact) mass is 362 g/mol. The normalized spacial score (nSPS) is 20.8.